The number of ether oxygens (including phenoxy) is 2. The minimum absolute atomic E-state index is 0.328. The predicted octanol–water partition coefficient (Wildman–Crippen LogP) is 3.46. The molecule has 0 aliphatic carbocycles. The van der Waals surface area contributed by atoms with Crippen molar-refractivity contribution >= 4 is 0 Å². The fourth-order valence-corrected chi connectivity index (χ4v) is 2.24. The molecule has 0 aromatic heterocycles. The average molecular weight is 220 g/mol. The molecule has 16 heavy (non-hydrogen) atoms. The van der Waals surface area contributed by atoms with Crippen molar-refractivity contribution in [3.05, 3.63) is 35.9 Å². The molecule has 0 bridgehead atoms. The van der Waals surface area contributed by atoms with Crippen molar-refractivity contribution in [2.24, 2.45) is 0 Å². The zero-order valence-corrected chi connectivity index (χ0v) is 10.1. The summed E-state index contributed by atoms with van der Waals surface area (Å²) in [4.78, 5) is 0. The Morgan fingerprint density at radius 2 is 2.00 bits per heavy atom. The van der Waals surface area contributed by atoms with E-state index < -0.39 is 5.79 Å². The lowest BCUT2D eigenvalue weighted by atomic mass is 10.0. The second-order valence-corrected chi connectivity index (χ2v) is 4.26. The van der Waals surface area contributed by atoms with E-state index in [4.69, 9.17) is 9.47 Å². The van der Waals surface area contributed by atoms with E-state index in [9.17, 15) is 0 Å². The zero-order valence-electron chi connectivity index (χ0n) is 10.1. The minimum atomic E-state index is -0.514. The second-order valence-electron chi connectivity index (χ2n) is 4.26. The van der Waals surface area contributed by atoms with Crippen LogP contribution in [0.2, 0.25) is 0 Å². The van der Waals surface area contributed by atoms with Gasteiger partial charge in [0.05, 0.1) is 12.7 Å². The summed E-state index contributed by atoms with van der Waals surface area (Å²) in [6.07, 6.45) is 3.24. The third-order valence-electron chi connectivity index (χ3n) is 3.27. The lowest BCUT2D eigenvalue weighted by molar-refractivity contribution is -0.304. The average Bonchev–Trinajstić information content (AvgIpc) is 2.39. The third kappa shape index (κ3) is 2.13. The van der Waals surface area contributed by atoms with Crippen molar-refractivity contribution in [3.63, 3.8) is 0 Å². The van der Waals surface area contributed by atoms with Crippen molar-refractivity contribution in [1.82, 2.24) is 0 Å². The first-order chi connectivity index (χ1) is 7.80. The Hall–Kier alpha value is -0.860. The van der Waals surface area contributed by atoms with Crippen LogP contribution >= 0.6 is 0 Å². The molecule has 1 aliphatic heterocycles. The quantitative estimate of drug-likeness (QED) is 0.776. The van der Waals surface area contributed by atoms with Gasteiger partial charge in [-0.3, -0.25) is 0 Å². The number of hydrogen-bond acceptors (Lipinski definition) is 2. The molecule has 1 saturated heterocycles. The van der Waals surface area contributed by atoms with Crippen molar-refractivity contribution in [3.8, 4) is 0 Å². The molecule has 0 amide bonds. The number of benzene rings is 1. The van der Waals surface area contributed by atoms with Crippen LogP contribution < -0.4 is 0 Å². The molecule has 1 aromatic carbocycles. The Balaban J connectivity index is 2.25. The Bertz CT molecular complexity index is 323. The first-order valence-electron chi connectivity index (χ1n) is 6.18. The normalized spacial score (nSPS) is 30.2. The standard InChI is InChI=1S/C14H20O2/c1-3-13-10-11-15-14(4-2,16-13)12-8-6-5-7-9-12/h5-9,13H,3-4,10-11H2,1-2H3. The van der Waals surface area contributed by atoms with E-state index in [0.29, 0.717) is 6.10 Å². The fraction of sp³-hybridized carbons (Fsp3) is 0.571. The van der Waals surface area contributed by atoms with Crippen LogP contribution in [0, 0.1) is 0 Å². The molecular formula is C14H20O2. The molecule has 2 nitrogen and oxygen atoms in total. The molecule has 1 heterocycles. The summed E-state index contributed by atoms with van der Waals surface area (Å²) in [7, 11) is 0. The summed E-state index contributed by atoms with van der Waals surface area (Å²) < 4.78 is 12.0. The smallest absolute Gasteiger partial charge is 0.194 e. The van der Waals surface area contributed by atoms with Gasteiger partial charge in [0.2, 0.25) is 0 Å². The van der Waals surface area contributed by atoms with Gasteiger partial charge >= 0.3 is 0 Å². The highest BCUT2D eigenvalue weighted by Crippen LogP contribution is 2.36. The van der Waals surface area contributed by atoms with Gasteiger partial charge in [0.25, 0.3) is 0 Å². The van der Waals surface area contributed by atoms with E-state index in [0.717, 1.165) is 31.4 Å². The second kappa shape index (κ2) is 4.98. The van der Waals surface area contributed by atoms with Gasteiger partial charge in [-0.1, -0.05) is 44.2 Å². The molecule has 1 fully saturated rings. The summed E-state index contributed by atoms with van der Waals surface area (Å²) in [5.41, 5.74) is 1.13. The van der Waals surface area contributed by atoms with Gasteiger partial charge in [-0.15, -0.1) is 0 Å². The van der Waals surface area contributed by atoms with E-state index in [-0.39, 0.29) is 0 Å². The maximum absolute atomic E-state index is 6.14. The van der Waals surface area contributed by atoms with Crippen molar-refractivity contribution < 1.29 is 9.47 Å². The SMILES string of the molecule is CCC1CCOC(CC)(c2ccccc2)O1. The number of rotatable bonds is 3. The van der Waals surface area contributed by atoms with E-state index in [1.807, 2.05) is 18.2 Å². The Morgan fingerprint density at radius 1 is 1.25 bits per heavy atom. The van der Waals surface area contributed by atoms with Gasteiger partial charge in [-0.2, -0.15) is 0 Å². The van der Waals surface area contributed by atoms with Crippen LogP contribution in [0.15, 0.2) is 30.3 Å². The highest BCUT2D eigenvalue weighted by molar-refractivity contribution is 5.20. The Kier molecular flexibility index (Phi) is 3.62. The molecule has 2 unspecified atom stereocenters. The summed E-state index contributed by atoms with van der Waals surface area (Å²) in [5, 5.41) is 0. The van der Waals surface area contributed by atoms with E-state index >= 15 is 0 Å². The number of hydrogen-bond donors (Lipinski definition) is 0. The lowest BCUT2D eigenvalue weighted by Crippen LogP contribution is -2.41. The largest absolute Gasteiger partial charge is 0.346 e. The van der Waals surface area contributed by atoms with Gasteiger partial charge in [0.15, 0.2) is 5.79 Å². The zero-order chi connectivity index (χ0) is 11.4. The molecule has 0 saturated carbocycles. The van der Waals surface area contributed by atoms with Crippen LogP contribution in [0.1, 0.15) is 38.7 Å². The molecule has 2 rings (SSSR count). The maximum Gasteiger partial charge on any atom is 0.194 e. The van der Waals surface area contributed by atoms with E-state index in [2.05, 4.69) is 26.0 Å². The Morgan fingerprint density at radius 3 is 2.62 bits per heavy atom. The van der Waals surface area contributed by atoms with Crippen LogP contribution in [-0.4, -0.2) is 12.7 Å². The molecule has 1 aromatic rings. The molecule has 0 spiro atoms. The van der Waals surface area contributed by atoms with Gasteiger partial charge < -0.3 is 9.47 Å². The molecule has 1 aliphatic rings. The van der Waals surface area contributed by atoms with Gasteiger partial charge in [-0.05, 0) is 12.8 Å². The summed E-state index contributed by atoms with van der Waals surface area (Å²) in [5.74, 6) is -0.514. The van der Waals surface area contributed by atoms with Crippen LogP contribution in [0.5, 0.6) is 0 Å². The van der Waals surface area contributed by atoms with Crippen LogP contribution in [0.25, 0.3) is 0 Å². The highest BCUT2D eigenvalue weighted by atomic mass is 16.7. The summed E-state index contributed by atoms with van der Waals surface area (Å²) >= 11 is 0. The van der Waals surface area contributed by atoms with Crippen molar-refractivity contribution in [2.75, 3.05) is 6.61 Å². The predicted molar refractivity (Wildman–Crippen MR) is 64.1 cm³/mol. The summed E-state index contributed by atoms with van der Waals surface area (Å²) in [6, 6.07) is 10.3. The van der Waals surface area contributed by atoms with Crippen LogP contribution in [0.4, 0.5) is 0 Å². The highest BCUT2D eigenvalue weighted by Gasteiger charge is 2.37. The van der Waals surface area contributed by atoms with Gasteiger partial charge in [-0.25, -0.2) is 0 Å². The molecule has 0 radical (unpaired) electrons. The van der Waals surface area contributed by atoms with E-state index in [1.54, 1.807) is 0 Å². The molecule has 2 atom stereocenters. The van der Waals surface area contributed by atoms with Crippen LogP contribution in [0.3, 0.4) is 0 Å². The van der Waals surface area contributed by atoms with E-state index in [1.165, 1.54) is 0 Å². The maximum atomic E-state index is 6.14. The van der Waals surface area contributed by atoms with Gasteiger partial charge in [0.1, 0.15) is 0 Å². The third-order valence-corrected chi connectivity index (χ3v) is 3.27. The first-order valence-corrected chi connectivity index (χ1v) is 6.18. The topological polar surface area (TPSA) is 18.5 Å². The molecule has 2 heteroatoms. The minimum Gasteiger partial charge on any atom is -0.346 e. The van der Waals surface area contributed by atoms with Gasteiger partial charge in [0, 0.05) is 12.0 Å². The molecule has 0 N–H and O–H groups in total. The first kappa shape index (κ1) is 11.6. The fourth-order valence-electron chi connectivity index (χ4n) is 2.24. The molecular weight excluding hydrogens is 200 g/mol. The molecule has 88 valence electrons. The Labute approximate surface area is 97.6 Å². The van der Waals surface area contributed by atoms with Crippen LogP contribution in [-0.2, 0) is 15.3 Å². The summed E-state index contributed by atoms with van der Waals surface area (Å²) in [6.45, 7) is 5.08. The monoisotopic (exact) mass is 220 g/mol. The van der Waals surface area contributed by atoms with Crippen molar-refractivity contribution in [1.29, 1.82) is 0 Å². The lowest BCUT2D eigenvalue weighted by Gasteiger charge is -2.40. The van der Waals surface area contributed by atoms with Crippen molar-refractivity contribution in [2.45, 2.75) is 45.0 Å².